The average molecular weight is 324 g/mol. The first kappa shape index (κ1) is 17.8. The normalized spacial score (nSPS) is 11.2. The van der Waals surface area contributed by atoms with Crippen LogP contribution in [0.4, 0.5) is 0 Å². The lowest BCUT2D eigenvalue weighted by atomic mass is 10.0. The van der Waals surface area contributed by atoms with Crippen molar-refractivity contribution in [1.29, 1.82) is 0 Å². The molecule has 0 unspecified atom stereocenters. The molecule has 126 valence electrons. The van der Waals surface area contributed by atoms with Gasteiger partial charge in [-0.05, 0) is 37.1 Å². The Balaban J connectivity index is 2.37. The zero-order chi connectivity index (χ0) is 17.4. The van der Waals surface area contributed by atoms with Crippen molar-refractivity contribution in [3.05, 3.63) is 65.9 Å². The van der Waals surface area contributed by atoms with Gasteiger partial charge in [0.25, 0.3) is 0 Å². The Hall–Kier alpha value is -2.55. The Morgan fingerprint density at radius 1 is 1.04 bits per heavy atom. The zero-order valence-corrected chi connectivity index (χ0v) is 14.5. The van der Waals surface area contributed by atoms with Crippen LogP contribution in [0, 0.1) is 0 Å². The molecule has 0 aliphatic heterocycles. The predicted octanol–water partition coefficient (Wildman–Crippen LogP) is 5.15. The second kappa shape index (κ2) is 8.92. The molecule has 0 heterocycles. The fourth-order valence-corrected chi connectivity index (χ4v) is 2.45. The van der Waals surface area contributed by atoms with E-state index in [4.69, 9.17) is 9.47 Å². The minimum atomic E-state index is -0.242. The van der Waals surface area contributed by atoms with Crippen LogP contribution in [0.2, 0.25) is 0 Å². The predicted molar refractivity (Wildman–Crippen MR) is 96.9 cm³/mol. The van der Waals surface area contributed by atoms with Crippen LogP contribution in [0.3, 0.4) is 0 Å². The number of carbonyl (C=O) groups is 1. The van der Waals surface area contributed by atoms with Crippen LogP contribution in [0.25, 0.3) is 11.1 Å². The maximum Gasteiger partial charge on any atom is 0.310 e. The molecule has 3 heteroatoms. The lowest BCUT2D eigenvalue weighted by Gasteiger charge is -2.14. The molecule has 0 aliphatic rings. The Kier molecular flexibility index (Phi) is 6.62. The third-order valence-electron chi connectivity index (χ3n) is 3.73. The monoisotopic (exact) mass is 324 g/mol. The molecule has 0 saturated heterocycles. The van der Waals surface area contributed by atoms with Crippen molar-refractivity contribution in [2.24, 2.45) is 0 Å². The number of benzene rings is 2. The Bertz CT molecular complexity index is 702. The highest BCUT2D eigenvalue weighted by atomic mass is 16.5. The second-order valence-electron chi connectivity index (χ2n) is 5.38. The van der Waals surface area contributed by atoms with Gasteiger partial charge in [-0.25, -0.2) is 0 Å². The number of ether oxygens (including phenoxy) is 2. The van der Waals surface area contributed by atoms with Gasteiger partial charge in [0, 0.05) is 12.0 Å². The van der Waals surface area contributed by atoms with Crippen molar-refractivity contribution < 1.29 is 14.3 Å². The third kappa shape index (κ3) is 4.72. The van der Waals surface area contributed by atoms with Gasteiger partial charge in [-0.3, -0.25) is 4.79 Å². The Morgan fingerprint density at radius 2 is 1.79 bits per heavy atom. The van der Waals surface area contributed by atoms with E-state index in [1.807, 2.05) is 63.2 Å². The summed E-state index contributed by atoms with van der Waals surface area (Å²) in [5, 5.41) is 0. The molecule has 0 radical (unpaired) electrons. The van der Waals surface area contributed by atoms with E-state index in [0.29, 0.717) is 12.4 Å². The molecule has 2 rings (SSSR count). The topological polar surface area (TPSA) is 35.5 Å². The molecule has 0 N–H and O–H groups in total. The minimum absolute atomic E-state index is 0.207. The number of hydrogen-bond donors (Lipinski definition) is 0. The first-order valence-electron chi connectivity index (χ1n) is 8.34. The second-order valence-corrected chi connectivity index (χ2v) is 5.38. The standard InChI is InChI=1S/C21H24O3/c1-4-19(5-2)24-20-14-17(16-10-8-7-9-11-16)12-13-18(20)15-21(22)23-6-3/h4,7-14H,5-6,15H2,1-3H3/b19-4+. The van der Waals surface area contributed by atoms with Gasteiger partial charge in [-0.2, -0.15) is 0 Å². The van der Waals surface area contributed by atoms with E-state index >= 15 is 0 Å². The first-order valence-corrected chi connectivity index (χ1v) is 8.34. The van der Waals surface area contributed by atoms with Crippen LogP contribution in [0.1, 0.15) is 32.8 Å². The molecule has 2 aromatic carbocycles. The summed E-state index contributed by atoms with van der Waals surface area (Å²) in [5.41, 5.74) is 3.01. The Morgan fingerprint density at radius 3 is 2.42 bits per heavy atom. The molecule has 2 aromatic rings. The van der Waals surface area contributed by atoms with Crippen LogP contribution in [0.5, 0.6) is 5.75 Å². The highest BCUT2D eigenvalue weighted by molar-refractivity contribution is 5.75. The highest BCUT2D eigenvalue weighted by Crippen LogP contribution is 2.29. The summed E-state index contributed by atoms with van der Waals surface area (Å²) in [7, 11) is 0. The summed E-state index contributed by atoms with van der Waals surface area (Å²) in [5.74, 6) is 1.35. The molecule has 0 aromatic heterocycles. The van der Waals surface area contributed by atoms with Gasteiger partial charge in [0.2, 0.25) is 0 Å². The maximum atomic E-state index is 11.9. The van der Waals surface area contributed by atoms with Gasteiger partial charge in [-0.1, -0.05) is 49.4 Å². The molecule has 0 saturated carbocycles. The van der Waals surface area contributed by atoms with E-state index in [9.17, 15) is 4.79 Å². The van der Waals surface area contributed by atoms with Crippen molar-refractivity contribution in [1.82, 2.24) is 0 Å². The van der Waals surface area contributed by atoms with Crippen LogP contribution < -0.4 is 4.74 Å². The molecule has 0 fully saturated rings. The minimum Gasteiger partial charge on any atom is -0.466 e. The van der Waals surface area contributed by atoms with Crippen LogP contribution in [0.15, 0.2) is 60.4 Å². The lowest BCUT2D eigenvalue weighted by molar-refractivity contribution is -0.142. The average Bonchev–Trinajstić information content (AvgIpc) is 2.61. The van der Waals surface area contributed by atoms with Gasteiger partial charge in [-0.15, -0.1) is 0 Å². The summed E-state index contributed by atoms with van der Waals surface area (Å²) in [6, 6.07) is 16.1. The van der Waals surface area contributed by atoms with Gasteiger partial charge in [0.05, 0.1) is 18.8 Å². The summed E-state index contributed by atoms with van der Waals surface area (Å²) >= 11 is 0. The number of carbonyl (C=O) groups excluding carboxylic acids is 1. The van der Waals surface area contributed by atoms with Gasteiger partial charge >= 0.3 is 5.97 Å². The van der Waals surface area contributed by atoms with Crippen LogP contribution in [-0.4, -0.2) is 12.6 Å². The lowest BCUT2D eigenvalue weighted by Crippen LogP contribution is -2.09. The SMILES string of the molecule is C/C=C(\CC)Oc1cc(-c2ccccc2)ccc1CC(=O)OCC. The quantitative estimate of drug-likeness (QED) is 0.522. The summed E-state index contributed by atoms with van der Waals surface area (Å²) in [6.07, 6.45) is 2.95. The number of rotatable bonds is 7. The van der Waals surface area contributed by atoms with Crippen molar-refractivity contribution >= 4 is 5.97 Å². The van der Waals surface area contributed by atoms with Gasteiger partial charge < -0.3 is 9.47 Å². The molecular weight excluding hydrogens is 300 g/mol. The van der Waals surface area contributed by atoms with E-state index in [0.717, 1.165) is 28.9 Å². The molecule has 0 amide bonds. The number of esters is 1. The molecule has 24 heavy (non-hydrogen) atoms. The number of allylic oxidation sites excluding steroid dienone is 2. The van der Waals surface area contributed by atoms with E-state index in [1.54, 1.807) is 0 Å². The third-order valence-corrected chi connectivity index (χ3v) is 3.73. The van der Waals surface area contributed by atoms with E-state index < -0.39 is 0 Å². The largest absolute Gasteiger partial charge is 0.466 e. The van der Waals surface area contributed by atoms with E-state index in [-0.39, 0.29) is 12.4 Å². The smallest absolute Gasteiger partial charge is 0.310 e. The van der Waals surface area contributed by atoms with Crippen molar-refractivity contribution in [3.8, 4) is 16.9 Å². The van der Waals surface area contributed by atoms with Gasteiger partial charge in [0.15, 0.2) is 0 Å². The zero-order valence-electron chi connectivity index (χ0n) is 14.5. The summed E-state index contributed by atoms with van der Waals surface area (Å²) < 4.78 is 11.1. The van der Waals surface area contributed by atoms with Crippen molar-refractivity contribution in [2.45, 2.75) is 33.6 Å². The van der Waals surface area contributed by atoms with Crippen LogP contribution in [-0.2, 0) is 16.0 Å². The molecule has 0 atom stereocenters. The van der Waals surface area contributed by atoms with Crippen molar-refractivity contribution in [3.63, 3.8) is 0 Å². The first-order chi connectivity index (χ1) is 11.7. The molecule has 0 aliphatic carbocycles. The van der Waals surface area contributed by atoms with Crippen molar-refractivity contribution in [2.75, 3.05) is 6.61 Å². The van der Waals surface area contributed by atoms with Gasteiger partial charge in [0.1, 0.15) is 5.75 Å². The van der Waals surface area contributed by atoms with E-state index in [2.05, 4.69) is 12.1 Å². The fraction of sp³-hybridized carbons (Fsp3) is 0.286. The molecule has 0 bridgehead atoms. The number of hydrogen-bond acceptors (Lipinski definition) is 3. The maximum absolute atomic E-state index is 11.9. The van der Waals surface area contributed by atoms with Crippen LogP contribution >= 0.6 is 0 Å². The summed E-state index contributed by atoms with van der Waals surface area (Å²) in [4.78, 5) is 11.9. The van der Waals surface area contributed by atoms with E-state index in [1.165, 1.54) is 0 Å². The molecular formula is C21H24O3. The molecule has 0 spiro atoms. The highest BCUT2D eigenvalue weighted by Gasteiger charge is 2.13. The Labute approximate surface area is 143 Å². The fourth-order valence-electron chi connectivity index (χ4n) is 2.45. The summed E-state index contributed by atoms with van der Waals surface area (Å²) in [6.45, 7) is 6.18. The molecule has 3 nitrogen and oxygen atoms in total.